The first-order valence-corrected chi connectivity index (χ1v) is 6.51. The lowest BCUT2D eigenvalue weighted by Gasteiger charge is -2.28. The highest BCUT2D eigenvalue weighted by molar-refractivity contribution is 6.31. The second-order valence-electron chi connectivity index (χ2n) is 5.74. The summed E-state index contributed by atoms with van der Waals surface area (Å²) in [6, 6.07) is 5.20. The van der Waals surface area contributed by atoms with Crippen LogP contribution in [0.2, 0.25) is 5.02 Å². The molecule has 102 valence electrons. The molecule has 0 heterocycles. The maximum atomic E-state index is 9.73. The van der Waals surface area contributed by atoms with Gasteiger partial charge in [-0.2, -0.15) is 0 Å². The van der Waals surface area contributed by atoms with Gasteiger partial charge in [0.15, 0.2) is 0 Å². The number of nitrogens with zero attached hydrogens (tertiary/aromatic N) is 1. The molecule has 0 bridgehead atoms. The number of halogens is 1. The Morgan fingerprint density at radius 1 is 1.33 bits per heavy atom. The van der Waals surface area contributed by atoms with Crippen LogP contribution in [0.25, 0.3) is 0 Å². The van der Waals surface area contributed by atoms with Gasteiger partial charge in [-0.3, -0.25) is 0 Å². The van der Waals surface area contributed by atoms with E-state index in [1.807, 2.05) is 0 Å². The predicted molar refractivity (Wildman–Crippen MR) is 77.2 cm³/mol. The normalized spacial score (nSPS) is 12.1. The number of hydrogen-bond donors (Lipinski definition) is 2. The molecule has 0 aromatic heterocycles. The van der Waals surface area contributed by atoms with Gasteiger partial charge in [0.05, 0.1) is 0 Å². The molecule has 0 amide bonds. The highest BCUT2D eigenvalue weighted by Crippen LogP contribution is 2.25. The van der Waals surface area contributed by atoms with Gasteiger partial charge >= 0.3 is 0 Å². The van der Waals surface area contributed by atoms with Gasteiger partial charge in [-0.05, 0) is 31.6 Å². The third-order valence-electron chi connectivity index (χ3n) is 2.74. The van der Waals surface area contributed by atoms with Crippen LogP contribution >= 0.6 is 11.6 Å². The molecule has 18 heavy (non-hydrogen) atoms. The Labute approximate surface area is 115 Å². The fraction of sp³-hybridized carbons (Fsp3) is 0.571. The topological polar surface area (TPSA) is 35.5 Å². The van der Waals surface area contributed by atoms with Gasteiger partial charge in [0.1, 0.15) is 5.75 Å². The number of nitrogens with one attached hydrogen (secondary N) is 1. The van der Waals surface area contributed by atoms with Crippen molar-refractivity contribution in [1.29, 1.82) is 0 Å². The summed E-state index contributed by atoms with van der Waals surface area (Å²) >= 11 is 6.06. The van der Waals surface area contributed by atoms with Gasteiger partial charge in [-0.1, -0.05) is 31.5 Å². The minimum absolute atomic E-state index is 0.181. The summed E-state index contributed by atoms with van der Waals surface area (Å²) in [6.07, 6.45) is 0. The van der Waals surface area contributed by atoms with E-state index in [9.17, 15) is 5.11 Å². The molecule has 0 aliphatic heterocycles. The van der Waals surface area contributed by atoms with E-state index in [0.29, 0.717) is 11.6 Å². The second-order valence-corrected chi connectivity index (χ2v) is 6.15. The van der Waals surface area contributed by atoms with Crippen LogP contribution in [0, 0.1) is 5.41 Å². The smallest absolute Gasteiger partial charge is 0.121 e. The average Bonchev–Trinajstić information content (AvgIpc) is 2.20. The van der Waals surface area contributed by atoms with Gasteiger partial charge in [0.2, 0.25) is 0 Å². The van der Waals surface area contributed by atoms with E-state index in [2.05, 4.69) is 38.2 Å². The number of aromatic hydroxyl groups is 1. The van der Waals surface area contributed by atoms with Crippen LogP contribution < -0.4 is 5.32 Å². The molecule has 0 saturated heterocycles. The molecule has 1 rings (SSSR count). The maximum absolute atomic E-state index is 9.73. The van der Waals surface area contributed by atoms with Crippen LogP contribution in [0.15, 0.2) is 18.2 Å². The van der Waals surface area contributed by atoms with E-state index in [1.54, 1.807) is 18.2 Å². The number of phenols is 1. The lowest BCUT2D eigenvalue weighted by atomic mass is 9.93. The molecule has 2 N–H and O–H groups in total. The van der Waals surface area contributed by atoms with E-state index in [-0.39, 0.29) is 11.2 Å². The summed E-state index contributed by atoms with van der Waals surface area (Å²) < 4.78 is 0. The standard InChI is InChI=1S/C14H23ClN2O/c1-14(2,10-17(3)4)9-16-8-11-12(15)6-5-7-13(11)18/h5-7,16,18H,8-10H2,1-4H3. The molecular weight excluding hydrogens is 248 g/mol. The van der Waals surface area contributed by atoms with Crippen LogP contribution in [-0.2, 0) is 6.54 Å². The van der Waals surface area contributed by atoms with Crippen molar-refractivity contribution in [3.63, 3.8) is 0 Å². The SMILES string of the molecule is CN(C)CC(C)(C)CNCc1c(O)cccc1Cl. The maximum Gasteiger partial charge on any atom is 0.121 e. The molecule has 0 fully saturated rings. The summed E-state index contributed by atoms with van der Waals surface area (Å²) in [7, 11) is 4.14. The van der Waals surface area contributed by atoms with Crippen molar-refractivity contribution < 1.29 is 5.11 Å². The van der Waals surface area contributed by atoms with Gasteiger partial charge in [-0.25, -0.2) is 0 Å². The largest absolute Gasteiger partial charge is 0.508 e. The van der Waals surface area contributed by atoms with E-state index in [4.69, 9.17) is 11.6 Å². The fourth-order valence-corrected chi connectivity index (χ4v) is 2.40. The Hall–Kier alpha value is -0.770. The van der Waals surface area contributed by atoms with Crippen molar-refractivity contribution in [3.05, 3.63) is 28.8 Å². The molecule has 0 radical (unpaired) electrons. The Balaban J connectivity index is 2.51. The van der Waals surface area contributed by atoms with E-state index >= 15 is 0 Å². The van der Waals surface area contributed by atoms with Crippen molar-refractivity contribution in [2.45, 2.75) is 20.4 Å². The van der Waals surface area contributed by atoms with Gasteiger partial charge in [0.25, 0.3) is 0 Å². The minimum atomic E-state index is 0.181. The van der Waals surface area contributed by atoms with Crippen molar-refractivity contribution in [3.8, 4) is 5.75 Å². The summed E-state index contributed by atoms with van der Waals surface area (Å²) in [6.45, 7) is 6.89. The van der Waals surface area contributed by atoms with Crippen molar-refractivity contribution in [1.82, 2.24) is 10.2 Å². The minimum Gasteiger partial charge on any atom is -0.508 e. The van der Waals surface area contributed by atoms with E-state index < -0.39 is 0 Å². The summed E-state index contributed by atoms with van der Waals surface area (Å²) in [4.78, 5) is 2.18. The third-order valence-corrected chi connectivity index (χ3v) is 3.10. The predicted octanol–water partition coefficient (Wildman–Crippen LogP) is 2.72. The molecule has 0 aliphatic carbocycles. The summed E-state index contributed by atoms with van der Waals surface area (Å²) in [5.74, 6) is 0.250. The molecular formula is C14H23ClN2O. The van der Waals surface area contributed by atoms with Crippen LogP contribution in [0.1, 0.15) is 19.4 Å². The number of rotatable bonds is 6. The first kappa shape index (κ1) is 15.3. The Morgan fingerprint density at radius 2 is 2.00 bits per heavy atom. The number of benzene rings is 1. The van der Waals surface area contributed by atoms with Crippen molar-refractivity contribution >= 4 is 11.6 Å². The van der Waals surface area contributed by atoms with Crippen molar-refractivity contribution in [2.75, 3.05) is 27.2 Å². The molecule has 4 heteroatoms. The summed E-state index contributed by atoms with van der Waals surface area (Å²) in [5.41, 5.74) is 0.945. The molecule has 0 saturated carbocycles. The van der Waals surface area contributed by atoms with Crippen LogP contribution in [-0.4, -0.2) is 37.2 Å². The number of hydrogen-bond acceptors (Lipinski definition) is 3. The van der Waals surface area contributed by atoms with Crippen LogP contribution in [0.4, 0.5) is 0 Å². The van der Waals surface area contributed by atoms with Crippen molar-refractivity contribution in [2.24, 2.45) is 5.41 Å². The Bertz CT molecular complexity index is 371. The molecule has 0 aliphatic rings. The monoisotopic (exact) mass is 270 g/mol. The van der Waals surface area contributed by atoms with Gasteiger partial charge in [-0.15, -0.1) is 0 Å². The zero-order valence-electron chi connectivity index (χ0n) is 11.6. The molecule has 0 unspecified atom stereocenters. The molecule has 3 nitrogen and oxygen atoms in total. The highest BCUT2D eigenvalue weighted by atomic mass is 35.5. The Morgan fingerprint density at radius 3 is 2.56 bits per heavy atom. The molecule has 1 aromatic rings. The Kier molecular flexibility index (Phi) is 5.45. The lowest BCUT2D eigenvalue weighted by Crippen LogP contribution is -2.37. The zero-order valence-corrected chi connectivity index (χ0v) is 12.4. The van der Waals surface area contributed by atoms with Gasteiger partial charge < -0.3 is 15.3 Å². The first-order valence-electron chi connectivity index (χ1n) is 6.14. The first-order chi connectivity index (χ1) is 8.32. The second kappa shape index (κ2) is 6.41. The van der Waals surface area contributed by atoms with E-state index in [1.165, 1.54) is 0 Å². The van der Waals surface area contributed by atoms with Gasteiger partial charge in [0, 0.05) is 30.2 Å². The van der Waals surface area contributed by atoms with Crippen LogP contribution in [0.3, 0.4) is 0 Å². The summed E-state index contributed by atoms with van der Waals surface area (Å²) in [5, 5.41) is 13.7. The quantitative estimate of drug-likeness (QED) is 0.834. The average molecular weight is 271 g/mol. The molecule has 0 atom stereocenters. The highest BCUT2D eigenvalue weighted by Gasteiger charge is 2.18. The fourth-order valence-electron chi connectivity index (χ4n) is 2.16. The zero-order chi connectivity index (χ0) is 13.8. The molecule has 1 aromatic carbocycles. The number of phenolic OH excluding ortho intramolecular Hbond substituents is 1. The molecule has 0 spiro atoms. The van der Waals surface area contributed by atoms with Crippen LogP contribution in [0.5, 0.6) is 5.75 Å². The lowest BCUT2D eigenvalue weighted by molar-refractivity contribution is 0.232. The third kappa shape index (κ3) is 4.84. The van der Waals surface area contributed by atoms with E-state index in [0.717, 1.165) is 18.7 Å².